The average molecular weight is 442 g/mol. The summed E-state index contributed by atoms with van der Waals surface area (Å²) < 4.78 is 15.7. The van der Waals surface area contributed by atoms with Gasteiger partial charge < -0.3 is 24.8 Å². The molecule has 0 bridgehead atoms. The molecule has 10 heteroatoms. The molecule has 3 heterocycles. The summed E-state index contributed by atoms with van der Waals surface area (Å²) in [6, 6.07) is 10.6. The molecule has 0 aromatic heterocycles. The number of anilines is 1. The lowest BCUT2D eigenvalue weighted by atomic mass is 9.96. The number of carbonyl (C=O) groups excluding carboxylic acids is 3. The molecule has 0 saturated carbocycles. The number of urea groups is 1. The third-order valence-electron chi connectivity index (χ3n) is 5.16. The first-order chi connectivity index (χ1) is 15.0. The number of hydrogen-bond donors (Lipinski definition) is 2. The lowest BCUT2D eigenvalue weighted by Crippen LogP contribution is -2.49. The fraction of sp³-hybridized carbons (Fsp3) is 0.190. The van der Waals surface area contributed by atoms with Gasteiger partial charge in [-0.1, -0.05) is 23.7 Å². The number of amides is 3. The minimum absolute atomic E-state index is 0.0804. The van der Waals surface area contributed by atoms with Gasteiger partial charge in [-0.05, 0) is 29.8 Å². The number of carbonyl (C=O) groups is 3. The molecule has 0 radical (unpaired) electrons. The van der Waals surface area contributed by atoms with E-state index in [-0.39, 0.29) is 19.9 Å². The number of esters is 1. The Morgan fingerprint density at radius 3 is 2.68 bits per heavy atom. The summed E-state index contributed by atoms with van der Waals surface area (Å²) in [5.74, 6) is 0.151. The van der Waals surface area contributed by atoms with Gasteiger partial charge in [-0.15, -0.1) is 0 Å². The number of benzene rings is 2. The minimum atomic E-state index is -0.678. The number of cyclic esters (lactones) is 1. The van der Waals surface area contributed by atoms with Crippen molar-refractivity contribution in [3.8, 4) is 11.5 Å². The number of hydrogen-bond acceptors (Lipinski definition) is 6. The molecule has 2 aromatic rings. The SMILES string of the molecule is O=C(CN1C(=O)NC(c2ccc(Cl)cc2)C2=C1COC2=O)Nc1ccc2c(c1)OCO2. The van der Waals surface area contributed by atoms with Gasteiger partial charge in [0.25, 0.3) is 0 Å². The maximum absolute atomic E-state index is 12.8. The monoisotopic (exact) mass is 441 g/mol. The van der Waals surface area contributed by atoms with Crippen molar-refractivity contribution in [3.63, 3.8) is 0 Å². The van der Waals surface area contributed by atoms with Gasteiger partial charge in [0.15, 0.2) is 11.5 Å². The van der Waals surface area contributed by atoms with Gasteiger partial charge in [0.05, 0.1) is 17.3 Å². The van der Waals surface area contributed by atoms with Crippen molar-refractivity contribution in [3.05, 3.63) is 64.3 Å². The van der Waals surface area contributed by atoms with E-state index in [9.17, 15) is 14.4 Å². The predicted molar refractivity (Wildman–Crippen MR) is 109 cm³/mol. The Morgan fingerprint density at radius 2 is 1.87 bits per heavy atom. The van der Waals surface area contributed by atoms with Gasteiger partial charge >= 0.3 is 12.0 Å². The number of halogens is 1. The van der Waals surface area contributed by atoms with Crippen LogP contribution in [0.2, 0.25) is 5.02 Å². The van der Waals surface area contributed by atoms with Crippen LogP contribution in [0.4, 0.5) is 10.5 Å². The standard InChI is InChI=1S/C21H16ClN3O6/c22-12-3-1-11(2-4-12)19-18-14(9-29-20(18)27)25(21(28)24-19)8-17(26)23-13-5-6-15-16(7-13)31-10-30-15/h1-7,19H,8-10H2,(H,23,26)(H,24,28). The summed E-state index contributed by atoms with van der Waals surface area (Å²) in [6.45, 7) is -0.244. The quantitative estimate of drug-likeness (QED) is 0.706. The lowest BCUT2D eigenvalue weighted by molar-refractivity contribution is -0.136. The first kappa shape index (κ1) is 19.3. The summed E-state index contributed by atoms with van der Waals surface area (Å²) >= 11 is 5.94. The van der Waals surface area contributed by atoms with Crippen LogP contribution in [0.1, 0.15) is 11.6 Å². The normalized spacial score (nSPS) is 19.1. The van der Waals surface area contributed by atoms with Gasteiger partial charge in [0.2, 0.25) is 12.7 Å². The van der Waals surface area contributed by atoms with Crippen LogP contribution in [-0.2, 0) is 14.3 Å². The first-order valence-corrected chi connectivity index (χ1v) is 9.80. The predicted octanol–water partition coefficient (Wildman–Crippen LogP) is 2.58. The zero-order valence-electron chi connectivity index (χ0n) is 16.0. The second-order valence-corrected chi connectivity index (χ2v) is 7.51. The second-order valence-electron chi connectivity index (χ2n) is 7.07. The molecule has 0 aliphatic carbocycles. The molecular weight excluding hydrogens is 426 g/mol. The smallest absolute Gasteiger partial charge is 0.338 e. The molecule has 3 aliphatic rings. The Balaban J connectivity index is 1.37. The number of nitrogens with one attached hydrogen (secondary N) is 2. The van der Waals surface area contributed by atoms with E-state index in [4.69, 9.17) is 25.8 Å². The van der Waals surface area contributed by atoms with Crippen molar-refractivity contribution in [1.29, 1.82) is 0 Å². The number of fused-ring (bicyclic) bond motifs is 1. The van der Waals surface area contributed by atoms with E-state index in [2.05, 4.69) is 10.6 Å². The van der Waals surface area contributed by atoms with E-state index < -0.39 is 23.9 Å². The molecule has 9 nitrogen and oxygen atoms in total. The van der Waals surface area contributed by atoms with Gasteiger partial charge in [-0.3, -0.25) is 9.69 Å². The van der Waals surface area contributed by atoms with Crippen molar-refractivity contribution >= 4 is 35.2 Å². The summed E-state index contributed by atoms with van der Waals surface area (Å²) in [6.07, 6.45) is 0. The van der Waals surface area contributed by atoms with Crippen LogP contribution in [0, 0.1) is 0 Å². The molecule has 0 spiro atoms. The van der Waals surface area contributed by atoms with Gasteiger partial charge in [-0.2, -0.15) is 0 Å². The zero-order valence-corrected chi connectivity index (χ0v) is 16.8. The Morgan fingerprint density at radius 1 is 1.10 bits per heavy atom. The highest BCUT2D eigenvalue weighted by Gasteiger charge is 2.42. The largest absolute Gasteiger partial charge is 0.456 e. The van der Waals surface area contributed by atoms with Gasteiger partial charge in [0, 0.05) is 16.8 Å². The molecule has 0 saturated heterocycles. The van der Waals surface area contributed by atoms with Crippen LogP contribution in [0.3, 0.4) is 0 Å². The van der Waals surface area contributed by atoms with E-state index in [1.165, 1.54) is 4.90 Å². The molecule has 3 aliphatic heterocycles. The minimum Gasteiger partial charge on any atom is -0.456 e. The lowest BCUT2D eigenvalue weighted by Gasteiger charge is -2.32. The van der Waals surface area contributed by atoms with Crippen LogP contribution in [0.25, 0.3) is 0 Å². The zero-order chi connectivity index (χ0) is 21.5. The number of nitrogens with zero attached hydrogens (tertiary/aromatic N) is 1. The Labute approximate surface area is 181 Å². The fourth-order valence-electron chi connectivity index (χ4n) is 3.70. The van der Waals surface area contributed by atoms with Crippen LogP contribution < -0.4 is 20.1 Å². The first-order valence-electron chi connectivity index (χ1n) is 9.43. The summed E-state index contributed by atoms with van der Waals surface area (Å²) in [7, 11) is 0. The van der Waals surface area contributed by atoms with Crippen molar-refractivity contribution in [1.82, 2.24) is 10.2 Å². The van der Waals surface area contributed by atoms with Gasteiger partial charge in [0.1, 0.15) is 13.2 Å². The maximum atomic E-state index is 12.8. The highest BCUT2D eigenvalue weighted by atomic mass is 35.5. The molecule has 31 heavy (non-hydrogen) atoms. The van der Waals surface area contributed by atoms with Gasteiger partial charge in [-0.25, -0.2) is 9.59 Å². The molecule has 1 unspecified atom stereocenters. The molecule has 0 fully saturated rings. The Hall–Kier alpha value is -3.72. The molecule has 2 N–H and O–H groups in total. The third kappa shape index (κ3) is 3.53. The van der Waals surface area contributed by atoms with E-state index in [0.717, 1.165) is 0 Å². The Kier molecular flexibility index (Phi) is 4.67. The molecule has 5 rings (SSSR count). The van der Waals surface area contributed by atoms with Crippen molar-refractivity contribution in [2.75, 3.05) is 25.3 Å². The summed E-state index contributed by atoms with van der Waals surface area (Å²) in [5, 5.41) is 6.03. The maximum Gasteiger partial charge on any atom is 0.338 e. The van der Waals surface area contributed by atoms with E-state index in [1.54, 1.807) is 42.5 Å². The Bertz CT molecular complexity index is 1130. The van der Waals surface area contributed by atoms with Crippen LogP contribution >= 0.6 is 11.6 Å². The van der Waals surface area contributed by atoms with E-state index in [1.807, 2.05) is 0 Å². The number of rotatable bonds is 4. The van der Waals surface area contributed by atoms with Crippen LogP contribution in [0.15, 0.2) is 53.7 Å². The fourth-order valence-corrected chi connectivity index (χ4v) is 3.83. The summed E-state index contributed by atoms with van der Waals surface area (Å²) in [5.41, 5.74) is 1.86. The molecular formula is C21H16ClN3O6. The topological polar surface area (TPSA) is 106 Å². The second kappa shape index (κ2) is 7.51. The number of ether oxygens (including phenoxy) is 3. The van der Waals surface area contributed by atoms with Crippen molar-refractivity contribution in [2.24, 2.45) is 0 Å². The molecule has 2 aromatic carbocycles. The highest BCUT2D eigenvalue weighted by Crippen LogP contribution is 2.36. The third-order valence-corrected chi connectivity index (χ3v) is 5.41. The van der Waals surface area contributed by atoms with E-state index in [0.29, 0.717) is 39.0 Å². The van der Waals surface area contributed by atoms with Crippen molar-refractivity contribution in [2.45, 2.75) is 6.04 Å². The van der Waals surface area contributed by atoms with E-state index >= 15 is 0 Å². The molecule has 158 valence electrons. The van der Waals surface area contributed by atoms with Crippen LogP contribution in [0.5, 0.6) is 11.5 Å². The molecule has 3 amide bonds. The van der Waals surface area contributed by atoms with Crippen LogP contribution in [-0.4, -0.2) is 42.8 Å². The summed E-state index contributed by atoms with van der Waals surface area (Å²) in [4.78, 5) is 39.0. The van der Waals surface area contributed by atoms with Crippen molar-refractivity contribution < 1.29 is 28.6 Å². The molecule has 1 atom stereocenters. The highest BCUT2D eigenvalue weighted by molar-refractivity contribution is 6.30. The average Bonchev–Trinajstić information content (AvgIpc) is 3.37.